The van der Waals surface area contributed by atoms with E-state index in [0.29, 0.717) is 19.0 Å². The van der Waals surface area contributed by atoms with Crippen LogP contribution in [0.4, 0.5) is 0 Å². The van der Waals surface area contributed by atoms with Crippen LogP contribution in [0.25, 0.3) is 0 Å². The zero-order valence-corrected chi connectivity index (χ0v) is 9.58. The quantitative estimate of drug-likeness (QED) is 0.605. The van der Waals surface area contributed by atoms with E-state index in [1.807, 2.05) is 6.92 Å². The van der Waals surface area contributed by atoms with E-state index in [1.54, 1.807) is 0 Å². The van der Waals surface area contributed by atoms with Crippen molar-refractivity contribution in [1.82, 2.24) is 16.0 Å². The molecule has 1 aliphatic heterocycles. The number of piperidine rings is 1. The van der Waals surface area contributed by atoms with Crippen LogP contribution in [0.15, 0.2) is 0 Å². The Labute approximate surface area is 95.3 Å². The lowest BCUT2D eigenvalue weighted by Crippen LogP contribution is -2.52. The summed E-state index contributed by atoms with van der Waals surface area (Å²) in [5, 5.41) is 9.01. The van der Waals surface area contributed by atoms with Crippen LogP contribution in [0.1, 0.15) is 32.6 Å². The van der Waals surface area contributed by atoms with Crippen LogP contribution in [0.3, 0.4) is 0 Å². The first kappa shape index (κ1) is 11.4. The summed E-state index contributed by atoms with van der Waals surface area (Å²) in [5.41, 5.74) is 0. The lowest BCUT2D eigenvalue weighted by molar-refractivity contribution is -0.123. The Hall–Kier alpha value is -1.10. The molecule has 0 bridgehead atoms. The second kappa shape index (κ2) is 4.82. The van der Waals surface area contributed by atoms with Gasteiger partial charge in [0.15, 0.2) is 0 Å². The third-order valence-corrected chi connectivity index (χ3v) is 3.07. The van der Waals surface area contributed by atoms with E-state index in [-0.39, 0.29) is 23.9 Å². The van der Waals surface area contributed by atoms with Gasteiger partial charge in [-0.3, -0.25) is 9.59 Å². The van der Waals surface area contributed by atoms with Crippen LogP contribution in [0, 0.1) is 0 Å². The average Bonchev–Trinajstić information content (AvgIpc) is 3.05. The molecule has 1 saturated heterocycles. The molecule has 2 atom stereocenters. The van der Waals surface area contributed by atoms with Gasteiger partial charge in [0.05, 0.1) is 6.04 Å². The third-order valence-electron chi connectivity index (χ3n) is 3.07. The normalized spacial score (nSPS) is 27.1. The molecule has 2 amide bonds. The maximum Gasteiger partial charge on any atom is 0.237 e. The van der Waals surface area contributed by atoms with Crippen molar-refractivity contribution in [1.29, 1.82) is 0 Å². The smallest absolute Gasteiger partial charge is 0.237 e. The second-order valence-electron chi connectivity index (χ2n) is 4.71. The van der Waals surface area contributed by atoms with Gasteiger partial charge in [-0.05, 0) is 26.2 Å². The summed E-state index contributed by atoms with van der Waals surface area (Å²) in [7, 11) is 0. The zero-order valence-electron chi connectivity index (χ0n) is 9.58. The largest absolute Gasteiger partial charge is 0.355 e. The standard InChI is InChI=1S/C11H19N3O2/c1-7(11(16)14-8-2-3-8)13-9-4-5-10(15)12-6-9/h7-9,13H,2-6H2,1H3,(H,12,15)(H,14,16). The van der Waals surface area contributed by atoms with E-state index in [1.165, 1.54) is 0 Å². The molecule has 0 aromatic carbocycles. The summed E-state index contributed by atoms with van der Waals surface area (Å²) in [6.45, 7) is 2.49. The summed E-state index contributed by atoms with van der Waals surface area (Å²) in [4.78, 5) is 22.6. The van der Waals surface area contributed by atoms with Gasteiger partial charge in [0.25, 0.3) is 0 Å². The van der Waals surface area contributed by atoms with Gasteiger partial charge >= 0.3 is 0 Å². The van der Waals surface area contributed by atoms with Crippen LogP contribution >= 0.6 is 0 Å². The fraction of sp³-hybridized carbons (Fsp3) is 0.818. The van der Waals surface area contributed by atoms with Gasteiger partial charge in [0.2, 0.25) is 11.8 Å². The molecule has 2 unspecified atom stereocenters. The van der Waals surface area contributed by atoms with Crippen LogP contribution in [0.5, 0.6) is 0 Å². The first-order valence-electron chi connectivity index (χ1n) is 5.98. The summed E-state index contributed by atoms with van der Waals surface area (Å²) in [6, 6.07) is 0.445. The Morgan fingerprint density at radius 1 is 1.38 bits per heavy atom. The Kier molecular flexibility index (Phi) is 3.43. The SMILES string of the molecule is CC(NC1CCC(=O)NC1)C(=O)NC1CC1. The monoisotopic (exact) mass is 225 g/mol. The van der Waals surface area contributed by atoms with Crippen molar-refractivity contribution in [2.24, 2.45) is 0 Å². The highest BCUT2D eigenvalue weighted by Crippen LogP contribution is 2.18. The molecular weight excluding hydrogens is 206 g/mol. The Morgan fingerprint density at radius 2 is 2.12 bits per heavy atom. The number of hydrogen-bond donors (Lipinski definition) is 3. The Bertz CT molecular complexity index is 279. The maximum absolute atomic E-state index is 11.7. The third kappa shape index (κ3) is 3.20. The molecule has 2 fully saturated rings. The Morgan fingerprint density at radius 3 is 2.69 bits per heavy atom. The van der Waals surface area contributed by atoms with Gasteiger partial charge in [0, 0.05) is 25.0 Å². The van der Waals surface area contributed by atoms with Gasteiger partial charge in [-0.25, -0.2) is 0 Å². The number of rotatable bonds is 4. The maximum atomic E-state index is 11.7. The van der Waals surface area contributed by atoms with Gasteiger partial charge < -0.3 is 16.0 Å². The fourth-order valence-electron chi connectivity index (χ4n) is 1.86. The minimum atomic E-state index is -0.180. The molecular formula is C11H19N3O2. The van der Waals surface area contributed by atoms with Crippen LogP contribution in [-0.2, 0) is 9.59 Å². The molecule has 3 N–H and O–H groups in total. The topological polar surface area (TPSA) is 70.2 Å². The van der Waals surface area contributed by atoms with Crippen LogP contribution in [-0.4, -0.2) is 36.5 Å². The van der Waals surface area contributed by atoms with E-state index < -0.39 is 0 Å². The molecule has 5 nitrogen and oxygen atoms in total. The van der Waals surface area contributed by atoms with E-state index >= 15 is 0 Å². The molecule has 0 radical (unpaired) electrons. The summed E-state index contributed by atoms with van der Waals surface area (Å²) < 4.78 is 0. The van der Waals surface area contributed by atoms with E-state index in [0.717, 1.165) is 19.3 Å². The molecule has 2 rings (SSSR count). The van der Waals surface area contributed by atoms with Gasteiger partial charge in [-0.2, -0.15) is 0 Å². The number of carbonyl (C=O) groups is 2. The minimum Gasteiger partial charge on any atom is -0.355 e. The van der Waals surface area contributed by atoms with Crippen molar-refractivity contribution in [3.8, 4) is 0 Å². The van der Waals surface area contributed by atoms with Crippen LogP contribution < -0.4 is 16.0 Å². The molecule has 1 saturated carbocycles. The molecule has 1 aliphatic carbocycles. The second-order valence-corrected chi connectivity index (χ2v) is 4.71. The van der Waals surface area contributed by atoms with Crippen molar-refractivity contribution in [3.63, 3.8) is 0 Å². The van der Waals surface area contributed by atoms with Gasteiger partial charge in [-0.15, -0.1) is 0 Å². The lowest BCUT2D eigenvalue weighted by atomic mass is 10.1. The van der Waals surface area contributed by atoms with Crippen LogP contribution in [0.2, 0.25) is 0 Å². The molecule has 5 heteroatoms. The molecule has 0 aromatic heterocycles. The first-order valence-corrected chi connectivity index (χ1v) is 5.98. The van der Waals surface area contributed by atoms with E-state index in [4.69, 9.17) is 0 Å². The summed E-state index contributed by atoms with van der Waals surface area (Å²) in [5.74, 6) is 0.174. The van der Waals surface area contributed by atoms with Crippen molar-refractivity contribution < 1.29 is 9.59 Å². The number of amides is 2. The fourth-order valence-corrected chi connectivity index (χ4v) is 1.86. The predicted molar refractivity (Wildman–Crippen MR) is 59.8 cm³/mol. The summed E-state index contributed by atoms with van der Waals surface area (Å²) in [6.07, 6.45) is 3.58. The highest BCUT2D eigenvalue weighted by atomic mass is 16.2. The average molecular weight is 225 g/mol. The Balaban J connectivity index is 1.70. The first-order chi connectivity index (χ1) is 7.65. The predicted octanol–water partition coefficient (Wildman–Crippen LogP) is -0.478. The number of hydrogen-bond acceptors (Lipinski definition) is 3. The van der Waals surface area contributed by atoms with Crippen molar-refractivity contribution in [2.45, 2.75) is 50.7 Å². The van der Waals surface area contributed by atoms with Crippen molar-refractivity contribution in [2.75, 3.05) is 6.54 Å². The molecule has 1 heterocycles. The van der Waals surface area contributed by atoms with Crippen molar-refractivity contribution in [3.05, 3.63) is 0 Å². The highest BCUT2D eigenvalue weighted by molar-refractivity contribution is 5.82. The highest BCUT2D eigenvalue weighted by Gasteiger charge is 2.27. The van der Waals surface area contributed by atoms with Gasteiger partial charge in [-0.1, -0.05) is 0 Å². The molecule has 2 aliphatic rings. The molecule has 0 aromatic rings. The molecule has 0 spiro atoms. The summed E-state index contributed by atoms with van der Waals surface area (Å²) >= 11 is 0. The molecule has 16 heavy (non-hydrogen) atoms. The van der Waals surface area contributed by atoms with Gasteiger partial charge in [0.1, 0.15) is 0 Å². The zero-order chi connectivity index (χ0) is 11.5. The van der Waals surface area contributed by atoms with Crippen molar-refractivity contribution >= 4 is 11.8 Å². The minimum absolute atomic E-state index is 0.0689. The van der Waals surface area contributed by atoms with E-state index in [9.17, 15) is 9.59 Å². The van der Waals surface area contributed by atoms with E-state index in [2.05, 4.69) is 16.0 Å². The number of nitrogens with one attached hydrogen (secondary N) is 3. The lowest BCUT2D eigenvalue weighted by Gasteiger charge is -2.26. The number of carbonyl (C=O) groups excluding carboxylic acids is 2. The molecule has 90 valence electrons.